The fraction of sp³-hybridized carbons (Fsp3) is 0.538. The van der Waals surface area contributed by atoms with Crippen molar-refractivity contribution in [2.45, 2.75) is 31.9 Å². The van der Waals surface area contributed by atoms with Gasteiger partial charge in [0.25, 0.3) is 0 Å². The summed E-state index contributed by atoms with van der Waals surface area (Å²) >= 11 is 3.42. The zero-order valence-corrected chi connectivity index (χ0v) is 10.8. The van der Waals surface area contributed by atoms with Gasteiger partial charge in [0.1, 0.15) is 6.17 Å². The fourth-order valence-corrected chi connectivity index (χ4v) is 3.14. The summed E-state index contributed by atoms with van der Waals surface area (Å²) in [5.41, 5.74) is 6.22. The fourth-order valence-electron chi connectivity index (χ4n) is 2.65. The molecule has 16 heavy (non-hydrogen) atoms. The second-order valence-corrected chi connectivity index (χ2v) is 5.51. The molecule has 0 bridgehead atoms. The van der Waals surface area contributed by atoms with Gasteiger partial charge in [-0.05, 0) is 18.9 Å². The highest BCUT2D eigenvalue weighted by atomic mass is 79.9. The molecule has 1 aromatic rings. The second-order valence-electron chi connectivity index (χ2n) is 4.66. The summed E-state index contributed by atoms with van der Waals surface area (Å²) in [4.78, 5) is 0. The molecule has 88 valence electrons. The van der Waals surface area contributed by atoms with Crippen LogP contribution in [0.25, 0.3) is 0 Å². The number of hydrogen-bond donors (Lipinski definition) is 1. The molecule has 0 amide bonds. The number of rotatable bonds is 3. The van der Waals surface area contributed by atoms with E-state index in [9.17, 15) is 4.39 Å². The Balaban J connectivity index is 2.30. The van der Waals surface area contributed by atoms with Crippen LogP contribution in [0.1, 0.15) is 37.4 Å². The monoisotopic (exact) mass is 285 g/mol. The van der Waals surface area contributed by atoms with Crippen molar-refractivity contribution in [2.75, 3.05) is 6.54 Å². The topological polar surface area (TPSA) is 26.0 Å². The van der Waals surface area contributed by atoms with Gasteiger partial charge in [-0.15, -0.1) is 0 Å². The van der Waals surface area contributed by atoms with Crippen LogP contribution >= 0.6 is 15.9 Å². The normalized spacial score (nSPS) is 20.9. The van der Waals surface area contributed by atoms with Gasteiger partial charge in [-0.25, -0.2) is 4.39 Å². The van der Waals surface area contributed by atoms with E-state index in [1.54, 1.807) is 0 Å². The summed E-state index contributed by atoms with van der Waals surface area (Å²) in [6.07, 6.45) is 3.07. The first kappa shape index (κ1) is 12.1. The molecule has 2 N–H and O–H groups in total. The largest absolute Gasteiger partial charge is 0.330 e. The van der Waals surface area contributed by atoms with Gasteiger partial charge in [-0.3, -0.25) is 0 Å². The van der Waals surface area contributed by atoms with E-state index < -0.39 is 6.17 Å². The maximum Gasteiger partial charge on any atom is 0.133 e. The van der Waals surface area contributed by atoms with Crippen molar-refractivity contribution in [1.29, 1.82) is 0 Å². The number of benzene rings is 1. The third-order valence-corrected chi connectivity index (χ3v) is 4.44. The summed E-state index contributed by atoms with van der Waals surface area (Å²) in [7, 11) is 0. The maximum absolute atomic E-state index is 14.6. The summed E-state index contributed by atoms with van der Waals surface area (Å²) in [5.74, 6) is 0. The predicted molar refractivity (Wildman–Crippen MR) is 67.9 cm³/mol. The van der Waals surface area contributed by atoms with Crippen LogP contribution in [0.3, 0.4) is 0 Å². The Hall–Kier alpha value is -0.410. The summed E-state index contributed by atoms with van der Waals surface area (Å²) in [6, 6.07) is 7.53. The zero-order chi connectivity index (χ0) is 11.6. The molecule has 0 radical (unpaired) electrons. The first-order chi connectivity index (χ1) is 7.69. The van der Waals surface area contributed by atoms with Gasteiger partial charge in [0.05, 0.1) is 0 Å². The SMILES string of the molecule is NCC1(C(F)c2ccccc2Br)CCCC1. The lowest BCUT2D eigenvalue weighted by atomic mass is 9.78. The first-order valence-electron chi connectivity index (χ1n) is 5.78. The van der Waals surface area contributed by atoms with Crippen LogP contribution in [0, 0.1) is 5.41 Å². The Morgan fingerprint density at radius 3 is 2.50 bits per heavy atom. The smallest absolute Gasteiger partial charge is 0.133 e. The van der Waals surface area contributed by atoms with Crippen LogP contribution in [0.4, 0.5) is 4.39 Å². The van der Waals surface area contributed by atoms with E-state index in [-0.39, 0.29) is 5.41 Å². The Labute approximate surface area is 104 Å². The molecule has 1 nitrogen and oxygen atoms in total. The standard InChI is InChI=1S/C13H17BrFN/c14-11-6-2-1-5-10(11)12(15)13(9-16)7-3-4-8-13/h1-2,5-6,12H,3-4,7-9,16H2. The molecule has 3 heteroatoms. The van der Waals surface area contributed by atoms with Crippen molar-refractivity contribution in [3.8, 4) is 0 Å². The maximum atomic E-state index is 14.6. The number of hydrogen-bond acceptors (Lipinski definition) is 1. The molecule has 2 rings (SSSR count). The molecule has 1 unspecified atom stereocenters. The zero-order valence-electron chi connectivity index (χ0n) is 9.26. The molecule has 0 spiro atoms. The average molecular weight is 286 g/mol. The van der Waals surface area contributed by atoms with Gasteiger partial charge in [-0.1, -0.05) is 47.0 Å². The minimum Gasteiger partial charge on any atom is -0.330 e. The van der Waals surface area contributed by atoms with Crippen molar-refractivity contribution in [1.82, 2.24) is 0 Å². The van der Waals surface area contributed by atoms with Gasteiger partial charge >= 0.3 is 0 Å². The van der Waals surface area contributed by atoms with Gasteiger partial charge in [0, 0.05) is 22.0 Å². The summed E-state index contributed by atoms with van der Waals surface area (Å²) in [5, 5.41) is 0. The molecule has 1 saturated carbocycles. The van der Waals surface area contributed by atoms with Gasteiger partial charge in [-0.2, -0.15) is 0 Å². The Morgan fingerprint density at radius 1 is 1.31 bits per heavy atom. The Bertz CT molecular complexity index is 361. The number of nitrogens with two attached hydrogens (primary N) is 1. The van der Waals surface area contributed by atoms with Crippen LogP contribution < -0.4 is 5.73 Å². The number of halogens is 2. The quantitative estimate of drug-likeness (QED) is 0.893. The van der Waals surface area contributed by atoms with E-state index in [2.05, 4.69) is 15.9 Å². The van der Waals surface area contributed by atoms with Crippen molar-refractivity contribution in [3.63, 3.8) is 0 Å². The third-order valence-electron chi connectivity index (χ3n) is 3.72. The van der Waals surface area contributed by atoms with Crippen molar-refractivity contribution < 1.29 is 4.39 Å². The molecule has 0 aromatic heterocycles. The van der Waals surface area contributed by atoms with Crippen LogP contribution in [0.15, 0.2) is 28.7 Å². The molecule has 0 heterocycles. The highest BCUT2D eigenvalue weighted by molar-refractivity contribution is 9.10. The molecule has 1 aliphatic carbocycles. The molecule has 1 atom stereocenters. The molecular weight excluding hydrogens is 269 g/mol. The minimum atomic E-state index is -0.949. The second kappa shape index (κ2) is 4.84. The lowest BCUT2D eigenvalue weighted by Gasteiger charge is -2.31. The summed E-state index contributed by atoms with van der Waals surface area (Å²) < 4.78 is 15.5. The van der Waals surface area contributed by atoms with Crippen molar-refractivity contribution in [3.05, 3.63) is 34.3 Å². The molecule has 0 aliphatic heterocycles. The van der Waals surface area contributed by atoms with E-state index in [4.69, 9.17) is 5.73 Å². The highest BCUT2D eigenvalue weighted by Crippen LogP contribution is 2.50. The summed E-state index contributed by atoms with van der Waals surface area (Å²) in [6.45, 7) is 0.440. The van der Waals surface area contributed by atoms with Crippen LogP contribution in [0.2, 0.25) is 0 Å². The first-order valence-corrected chi connectivity index (χ1v) is 6.57. The Kier molecular flexibility index (Phi) is 3.65. The van der Waals surface area contributed by atoms with Crippen LogP contribution in [-0.4, -0.2) is 6.54 Å². The van der Waals surface area contributed by atoms with E-state index in [1.807, 2.05) is 24.3 Å². The molecule has 0 saturated heterocycles. The predicted octanol–water partition coefficient (Wildman–Crippen LogP) is 3.98. The molecule has 1 fully saturated rings. The van der Waals surface area contributed by atoms with E-state index in [0.29, 0.717) is 6.54 Å². The molecular formula is C13H17BrFN. The van der Waals surface area contributed by atoms with E-state index in [1.165, 1.54) is 0 Å². The number of alkyl halides is 1. The Morgan fingerprint density at radius 2 is 1.94 bits per heavy atom. The van der Waals surface area contributed by atoms with E-state index in [0.717, 1.165) is 35.7 Å². The van der Waals surface area contributed by atoms with Gasteiger partial charge in [0.15, 0.2) is 0 Å². The van der Waals surface area contributed by atoms with Crippen LogP contribution in [0.5, 0.6) is 0 Å². The third kappa shape index (κ3) is 2.03. The van der Waals surface area contributed by atoms with Gasteiger partial charge in [0.2, 0.25) is 0 Å². The molecule has 1 aromatic carbocycles. The average Bonchev–Trinajstić information content (AvgIpc) is 2.78. The van der Waals surface area contributed by atoms with Gasteiger partial charge < -0.3 is 5.73 Å². The lowest BCUT2D eigenvalue weighted by molar-refractivity contribution is 0.118. The van der Waals surface area contributed by atoms with E-state index >= 15 is 0 Å². The van der Waals surface area contributed by atoms with Crippen LogP contribution in [-0.2, 0) is 0 Å². The molecule has 1 aliphatic rings. The minimum absolute atomic E-state index is 0.329. The lowest BCUT2D eigenvalue weighted by Crippen LogP contribution is -2.32. The van der Waals surface area contributed by atoms with Crippen molar-refractivity contribution >= 4 is 15.9 Å². The highest BCUT2D eigenvalue weighted by Gasteiger charge is 2.41. The van der Waals surface area contributed by atoms with Crippen molar-refractivity contribution in [2.24, 2.45) is 11.1 Å².